The number of nitrogens with one attached hydrogen (secondary N) is 1. The van der Waals surface area contributed by atoms with E-state index in [-0.39, 0.29) is 5.92 Å². The standard InChI is InChI=1S/C22H33N7O/c1-16(2)13-26-9-11-27(12-10-26)22(30)17-14-28(15-17)21-18-3-6-23-7-4-19(18)25-20-5-8-24-29(20)21/h5,8,16-17,23H,3-4,6-7,9-15H2,1-2H3. The van der Waals surface area contributed by atoms with E-state index in [9.17, 15) is 4.79 Å². The van der Waals surface area contributed by atoms with Crippen LogP contribution < -0.4 is 10.2 Å². The van der Waals surface area contributed by atoms with Gasteiger partial charge in [0.2, 0.25) is 5.91 Å². The Labute approximate surface area is 178 Å². The highest BCUT2D eigenvalue weighted by Crippen LogP contribution is 2.32. The van der Waals surface area contributed by atoms with Crippen LogP contribution in [0.4, 0.5) is 5.82 Å². The summed E-state index contributed by atoms with van der Waals surface area (Å²) in [6.07, 6.45) is 3.73. The van der Waals surface area contributed by atoms with Crippen molar-refractivity contribution in [2.45, 2.75) is 26.7 Å². The smallest absolute Gasteiger partial charge is 0.229 e. The lowest BCUT2D eigenvalue weighted by molar-refractivity contribution is -0.138. The third kappa shape index (κ3) is 3.67. The Hall–Kier alpha value is -2.19. The van der Waals surface area contributed by atoms with Crippen LogP contribution in [0.5, 0.6) is 0 Å². The summed E-state index contributed by atoms with van der Waals surface area (Å²) in [6.45, 7) is 12.9. The van der Waals surface area contributed by atoms with E-state index in [1.54, 1.807) is 0 Å². The molecule has 5 rings (SSSR count). The third-order valence-corrected chi connectivity index (χ3v) is 6.62. The summed E-state index contributed by atoms with van der Waals surface area (Å²) in [5, 5.41) is 8.02. The molecule has 0 atom stereocenters. The number of anilines is 1. The molecule has 0 saturated carbocycles. The van der Waals surface area contributed by atoms with Crippen LogP contribution in [0.2, 0.25) is 0 Å². The fraction of sp³-hybridized carbons (Fsp3) is 0.682. The fourth-order valence-electron chi connectivity index (χ4n) is 5.07. The molecular formula is C22H33N7O. The van der Waals surface area contributed by atoms with E-state index in [0.717, 1.165) is 83.2 Å². The second-order valence-electron chi connectivity index (χ2n) is 9.33. The summed E-state index contributed by atoms with van der Waals surface area (Å²) in [5.41, 5.74) is 3.38. The molecule has 3 aliphatic rings. The minimum Gasteiger partial charge on any atom is -0.354 e. The number of amides is 1. The molecule has 162 valence electrons. The highest BCUT2D eigenvalue weighted by atomic mass is 16.2. The third-order valence-electron chi connectivity index (χ3n) is 6.62. The zero-order valence-corrected chi connectivity index (χ0v) is 18.2. The van der Waals surface area contributed by atoms with E-state index >= 15 is 0 Å². The molecule has 1 amide bonds. The van der Waals surface area contributed by atoms with Gasteiger partial charge in [0, 0.05) is 70.4 Å². The Morgan fingerprint density at radius 3 is 2.70 bits per heavy atom. The number of piperazine rings is 1. The molecule has 2 saturated heterocycles. The van der Waals surface area contributed by atoms with Gasteiger partial charge in [-0.1, -0.05) is 13.8 Å². The maximum Gasteiger partial charge on any atom is 0.229 e. The van der Waals surface area contributed by atoms with Crippen LogP contribution in [0.1, 0.15) is 25.1 Å². The lowest BCUT2D eigenvalue weighted by Crippen LogP contribution is -2.58. The highest BCUT2D eigenvalue weighted by Gasteiger charge is 2.38. The summed E-state index contributed by atoms with van der Waals surface area (Å²) in [4.78, 5) is 24.8. The van der Waals surface area contributed by atoms with Crippen molar-refractivity contribution in [3.8, 4) is 0 Å². The van der Waals surface area contributed by atoms with Crippen molar-refractivity contribution in [1.29, 1.82) is 0 Å². The minimum absolute atomic E-state index is 0.0972. The Morgan fingerprint density at radius 1 is 1.17 bits per heavy atom. The topological polar surface area (TPSA) is 69.0 Å². The Balaban J connectivity index is 1.27. The molecule has 2 aromatic rings. The largest absolute Gasteiger partial charge is 0.354 e. The summed E-state index contributed by atoms with van der Waals surface area (Å²) in [7, 11) is 0. The molecule has 0 bridgehead atoms. The molecule has 8 nitrogen and oxygen atoms in total. The average Bonchev–Trinajstić information content (AvgIpc) is 3.03. The van der Waals surface area contributed by atoms with Gasteiger partial charge in [-0.05, 0) is 18.9 Å². The highest BCUT2D eigenvalue weighted by molar-refractivity contribution is 5.82. The number of nitrogens with zero attached hydrogens (tertiary/aromatic N) is 6. The quantitative estimate of drug-likeness (QED) is 0.797. The number of carbonyl (C=O) groups is 1. The fourth-order valence-corrected chi connectivity index (χ4v) is 5.07. The van der Waals surface area contributed by atoms with E-state index < -0.39 is 0 Å². The first-order chi connectivity index (χ1) is 14.6. The Kier molecular flexibility index (Phi) is 5.37. The second-order valence-corrected chi connectivity index (χ2v) is 9.33. The first-order valence-corrected chi connectivity index (χ1v) is 11.4. The summed E-state index contributed by atoms with van der Waals surface area (Å²) in [5.74, 6) is 2.25. The number of rotatable bonds is 4. The first kappa shape index (κ1) is 19.8. The summed E-state index contributed by atoms with van der Waals surface area (Å²) < 4.78 is 1.97. The molecule has 2 fully saturated rings. The number of carbonyl (C=O) groups excluding carboxylic acids is 1. The van der Waals surface area contributed by atoms with Crippen molar-refractivity contribution in [3.05, 3.63) is 23.5 Å². The molecule has 8 heteroatoms. The maximum atomic E-state index is 13.1. The molecule has 0 unspecified atom stereocenters. The molecule has 5 heterocycles. The second kappa shape index (κ2) is 8.15. The van der Waals surface area contributed by atoms with Gasteiger partial charge in [-0.15, -0.1) is 0 Å². The summed E-state index contributed by atoms with van der Waals surface area (Å²) >= 11 is 0. The van der Waals surface area contributed by atoms with Crippen LogP contribution in [0.15, 0.2) is 12.3 Å². The van der Waals surface area contributed by atoms with Gasteiger partial charge in [-0.3, -0.25) is 9.69 Å². The van der Waals surface area contributed by atoms with Crippen molar-refractivity contribution < 1.29 is 4.79 Å². The predicted octanol–water partition coefficient (Wildman–Crippen LogP) is 0.654. The number of aromatic nitrogens is 3. The van der Waals surface area contributed by atoms with Crippen LogP contribution in [0.3, 0.4) is 0 Å². The Bertz CT molecular complexity index is 910. The van der Waals surface area contributed by atoms with Crippen molar-refractivity contribution in [3.63, 3.8) is 0 Å². The van der Waals surface area contributed by atoms with Gasteiger partial charge in [0.05, 0.1) is 17.8 Å². The SMILES string of the molecule is CC(C)CN1CCN(C(=O)C2CN(c3c4c(nc5ccnn35)CCNCC4)C2)CC1. The number of fused-ring (bicyclic) bond motifs is 2. The molecule has 30 heavy (non-hydrogen) atoms. The monoisotopic (exact) mass is 411 g/mol. The number of hydrogen-bond acceptors (Lipinski definition) is 6. The molecule has 0 radical (unpaired) electrons. The molecule has 1 N–H and O–H groups in total. The number of hydrogen-bond donors (Lipinski definition) is 1. The zero-order chi connectivity index (χ0) is 20.7. The molecule has 0 aliphatic carbocycles. The Morgan fingerprint density at radius 2 is 1.93 bits per heavy atom. The van der Waals surface area contributed by atoms with E-state index in [2.05, 4.69) is 39.0 Å². The molecule has 3 aliphatic heterocycles. The van der Waals surface area contributed by atoms with Gasteiger partial charge in [0.25, 0.3) is 0 Å². The molecular weight excluding hydrogens is 378 g/mol. The van der Waals surface area contributed by atoms with E-state index in [4.69, 9.17) is 4.98 Å². The minimum atomic E-state index is 0.0972. The van der Waals surface area contributed by atoms with Crippen LogP contribution >= 0.6 is 0 Å². The molecule has 2 aromatic heterocycles. The summed E-state index contributed by atoms with van der Waals surface area (Å²) in [6, 6.07) is 1.97. The average molecular weight is 412 g/mol. The van der Waals surface area contributed by atoms with E-state index in [1.165, 1.54) is 11.3 Å². The van der Waals surface area contributed by atoms with Crippen LogP contribution in [0.25, 0.3) is 5.65 Å². The maximum absolute atomic E-state index is 13.1. The lowest BCUT2D eigenvalue weighted by Gasteiger charge is -2.44. The molecule has 0 spiro atoms. The van der Waals surface area contributed by atoms with Gasteiger partial charge in [0.15, 0.2) is 5.65 Å². The van der Waals surface area contributed by atoms with Crippen LogP contribution in [-0.2, 0) is 17.6 Å². The van der Waals surface area contributed by atoms with Crippen molar-refractivity contribution in [1.82, 2.24) is 29.7 Å². The normalized spacial score (nSPS) is 21.0. The van der Waals surface area contributed by atoms with E-state index in [1.807, 2.05) is 16.8 Å². The van der Waals surface area contributed by atoms with Gasteiger partial charge >= 0.3 is 0 Å². The van der Waals surface area contributed by atoms with Crippen molar-refractivity contribution in [2.75, 3.05) is 63.8 Å². The van der Waals surface area contributed by atoms with Gasteiger partial charge < -0.3 is 15.1 Å². The zero-order valence-electron chi connectivity index (χ0n) is 18.2. The van der Waals surface area contributed by atoms with Gasteiger partial charge in [0.1, 0.15) is 5.82 Å². The van der Waals surface area contributed by atoms with Crippen molar-refractivity contribution >= 4 is 17.4 Å². The lowest BCUT2D eigenvalue weighted by atomic mass is 9.96. The molecule has 0 aromatic carbocycles. The van der Waals surface area contributed by atoms with Crippen molar-refractivity contribution in [2.24, 2.45) is 11.8 Å². The van der Waals surface area contributed by atoms with E-state index in [0.29, 0.717) is 11.8 Å². The predicted molar refractivity (Wildman–Crippen MR) is 117 cm³/mol. The van der Waals surface area contributed by atoms with Gasteiger partial charge in [-0.25, -0.2) is 4.98 Å². The van der Waals surface area contributed by atoms with Crippen LogP contribution in [0, 0.1) is 11.8 Å². The first-order valence-electron chi connectivity index (χ1n) is 11.4. The van der Waals surface area contributed by atoms with Crippen LogP contribution in [-0.4, -0.2) is 89.2 Å². The van der Waals surface area contributed by atoms with Gasteiger partial charge in [-0.2, -0.15) is 9.61 Å².